The van der Waals surface area contributed by atoms with Crippen molar-refractivity contribution in [3.05, 3.63) is 47.8 Å². The van der Waals surface area contributed by atoms with Crippen LogP contribution in [0.2, 0.25) is 0 Å². The number of nitrogens with zero attached hydrogens (tertiary/aromatic N) is 4. The summed E-state index contributed by atoms with van der Waals surface area (Å²) in [4.78, 5) is 0. The zero-order chi connectivity index (χ0) is 16.3. The Labute approximate surface area is 137 Å². The molecule has 124 valence electrons. The SMILES string of the molecule is CS(=O)(=O)N1CCCC(Cn2cc(Cc3ccccc3)nn2)C1. The van der Waals surface area contributed by atoms with E-state index in [0.717, 1.165) is 25.0 Å². The molecule has 0 saturated carbocycles. The zero-order valence-corrected chi connectivity index (χ0v) is 14.1. The molecule has 1 unspecified atom stereocenters. The fraction of sp³-hybridized carbons (Fsp3) is 0.500. The summed E-state index contributed by atoms with van der Waals surface area (Å²) in [7, 11) is -3.10. The molecule has 1 aliphatic heterocycles. The van der Waals surface area contributed by atoms with Crippen LogP contribution in [0.15, 0.2) is 36.5 Å². The second kappa shape index (κ2) is 6.80. The summed E-state index contributed by atoms with van der Waals surface area (Å²) in [5.41, 5.74) is 2.15. The summed E-state index contributed by atoms with van der Waals surface area (Å²) in [5, 5.41) is 8.42. The maximum atomic E-state index is 11.7. The third-order valence-electron chi connectivity index (χ3n) is 4.21. The molecule has 0 amide bonds. The minimum Gasteiger partial charge on any atom is -0.252 e. The number of aromatic nitrogens is 3. The van der Waals surface area contributed by atoms with E-state index in [9.17, 15) is 8.42 Å². The topological polar surface area (TPSA) is 68.1 Å². The van der Waals surface area contributed by atoms with Crippen molar-refractivity contribution >= 4 is 10.0 Å². The van der Waals surface area contributed by atoms with E-state index in [2.05, 4.69) is 22.4 Å². The van der Waals surface area contributed by atoms with Gasteiger partial charge in [0.05, 0.1) is 11.9 Å². The first-order valence-electron chi connectivity index (χ1n) is 7.89. The van der Waals surface area contributed by atoms with Gasteiger partial charge in [0.15, 0.2) is 0 Å². The largest absolute Gasteiger partial charge is 0.252 e. The van der Waals surface area contributed by atoms with Gasteiger partial charge in [-0.15, -0.1) is 5.10 Å². The molecule has 0 bridgehead atoms. The molecule has 0 spiro atoms. The molecule has 1 aromatic heterocycles. The van der Waals surface area contributed by atoms with Crippen LogP contribution in [0.4, 0.5) is 0 Å². The molecule has 23 heavy (non-hydrogen) atoms. The quantitative estimate of drug-likeness (QED) is 0.832. The van der Waals surface area contributed by atoms with Gasteiger partial charge in [0.25, 0.3) is 0 Å². The molecule has 0 N–H and O–H groups in total. The van der Waals surface area contributed by atoms with E-state index < -0.39 is 10.0 Å². The third-order valence-corrected chi connectivity index (χ3v) is 5.48. The fourth-order valence-electron chi connectivity index (χ4n) is 3.06. The van der Waals surface area contributed by atoms with Crippen LogP contribution in [0.5, 0.6) is 0 Å². The molecule has 2 aromatic rings. The second-order valence-corrected chi connectivity index (χ2v) is 8.21. The number of sulfonamides is 1. The molecule has 1 aromatic carbocycles. The number of hydrogen-bond acceptors (Lipinski definition) is 4. The highest BCUT2D eigenvalue weighted by Crippen LogP contribution is 2.20. The Morgan fingerprint density at radius 2 is 2.04 bits per heavy atom. The summed E-state index contributed by atoms with van der Waals surface area (Å²) in [6.45, 7) is 1.92. The fourth-order valence-corrected chi connectivity index (χ4v) is 4.00. The first-order valence-corrected chi connectivity index (χ1v) is 9.73. The molecule has 7 heteroatoms. The summed E-state index contributed by atoms with van der Waals surface area (Å²) >= 11 is 0. The molecule has 3 rings (SSSR count). The van der Waals surface area contributed by atoms with Gasteiger partial charge in [-0.3, -0.25) is 4.68 Å². The predicted octanol–water partition coefficient (Wildman–Crippen LogP) is 1.54. The van der Waals surface area contributed by atoms with Crippen LogP contribution in [0.1, 0.15) is 24.1 Å². The smallest absolute Gasteiger partial charge is 0.211 e. The molecule has 6 nitrogen and oxygen atoms in total. The van der Waals surface area contributed by atoms with Crippen molar-refractivity contribution in [2.24, 2.45) is 5.92 Å². The number of benzene rings is 1. The van der Waals surface area contributed by atoms with E-state index in [4.69, 9.17) is 0 Å². The van der Waals surface area contributed by atoms with Gasteiger partial charge in [-0.1, -0.05) is 35.5 Å². The van der Waals surface area contributed by atoms with Crippen molar-refractivity contribution < 1.29 is 8.42 Å². The number of hydrogen-bond donors (Lipinski definition) is 0. The Hall–Kier alpha value is -1.73. The predicted molar refractivity (Wildman–Crippen MR) is 88.4 cm³/mol. The van der Waals surface area contributed by atoms with Crippen molar-refractivity contribution in [3.63, 3.8) is 0 Å². The van der Waals surface area contributed by atoms with Crippen molar-refractivity contribution in [2.75, 3.05) is 19.3 Å². The Morgan fingerprint density at radius 1 is 1.26 bits per heavy atom. The van der Waals surface area contributed by atoms with Crippen molar-refractivity contribution in [1.29, 1.82) is 0 Å². The summed E-state index contributed by atoms with van der Waals surface area (Å²) < 4.78 is 26.8. The van der Waals surface area contributed by atoms with Gasteiger partial charge in [0.1, 0.15) is 0 Å². The van der Waals surface area contributed by atoms with Crippen LogP contribution in [0.3, 0.4) is 0 Å². The van der Waals surface area contributed by atoms with E-state index in [1.807, 2.05) is 29.1 Å². The van der Waals surface area contributed by atoms with Crippen LogP contribution in [-0.4, -0.2) is 47.1 Å². The van der Waals surface area contributed by atoms with Crippen LogP contribution < -0.4 is 0 Å². The van der Waals surface area contributed by atoms with Gasteiger partial charge in [-0.05, 0) is 24.3 Å². The third kappa shape index (κ3) is 4.39. The van der Waals surface area contributed by atoms with E-state index in [1.165, 1.54) is 11.8 Å². The average Bonchev–Trinajstić information content (AvgIpc) is 2.95. The first-order chi connectivity index (χ1) is 11.0. The molecule has 1 aliphatic rings. The average molecular weight is 334 g/mol. The van der Waals surface area contributed by atoms with E-state index in [1.54, 1.807) is 4.31 Å². The molecule has 0 aliphatic carbocycles. The van der Waals surface area contributed by atoms with E-state index in [-0.39, 0.29) is 0 Å². The van der Waals surface area contributed by atoms with Crippen LogP contribution in [0, 0.1) is 5.92 Å². The highest BCUT2D eigenvalue weighted by molar-refractivity contribution is 7.88. The summed E-state index contributed by atoms with van der Waals surface area (Å²) in [6.07, 6.45) is 5.94. The Kier molecular flexibility index (Phi) is 4.77. The van der Waals surface area contributed by atoms with Gasteiger partial charge in [0, 0.05) is 32.3 Å². The first kappa shape index (κ1) is 16.1. The molecular formula is C16H22N4O2S. The molecular weight excluding hydrogens is 312 g/mol. The highest BCUT2D eigenvalue weighted by Gasteiger charge is 2.26. The lowest BCUT2D eigenvalue weighted by Crippen LogP contribution is -2.40. The van der Waals surface area contributed by atoms with Crippen molar-refractivity contribution in [1.82, 2.24) is 19.3 Å². The lowest BCUT2D eigenvalue weighted by Gasteiger charge is -2.30. The van der Waals surface area contributed by atoms with E-state index in [0.29, 0.717) is 25.6 Å². The lowest BCUT2D eigenvalue weighted by molar-refractivity contribution is 0.239. The van der Waals surface area contributed by atoms with Crippen LogP contribution >= 0.6 is 0 Å². The molecule has 1 saturated heterocycles. The van der Waals surface area contributed by atoms with Gasteiger partial charge in [-0.2, -0.15) is 0 Å². The summed E-state index contributed by atoms with van der Waals surface area (Å²) in [5.74, 6) is 0.296. The van der Waals surface area contributed by atoms with Gasteiger partial charge >= 0.3 is 0 Å². The zero-order valence-electron chi connectivity index (χ0n) is 13.3. The summed E-state index contributed by atoms with van der Waals surface area (Å²) in [6, 6.07) is 10.2. The Morgan fingerprint density at radius 3 is 2.78 bits per heavy atom. The van der Waals surface area contributed by atoms with Gasteiger partial charge < -0.3 is 0 Å². The maximum Gasteiger partial charge on any atom is 0.211 e. The molecule has 1 atom stereocenters. The minimum atomic E-state index is -3.10. The van der Waals surface area contributed by atoms with Crippen molar-refractivity contribution in [2.45, 2.75) is 25.8 Å². The van der Waals surface area contributed by atoms with Crippen LogP contribution in [-0.2, 0) is 23.0 Å². The Balaban J connectivity index is 1.60. The number of piperidine rings is 1. The van der Waals surface area contributed by atoms with Crippen molar-refractivity contribution in [3.8, 4) is 0 Å². The lowest BCUT2D eigenvalue weighted by atomic mass is 10.00. The van der Waals surface area contributed by atoms with Gasteiger partial charge in [-0.25, -0.2) is 12.7 Å². The Bertz CT molecular complexity index is 742. The normalized spacial score (nSPS) is 19.8. The van der Waals surface area contributed by atoms with Crippen LogP contribution in [0.25, 0.3) is 0 Å². The standard InChI is InChI=1S/C16H22N4O2S/c1-23(21,22)20-9-5-8-15(12-20)11-19-13-16(17-18-19)10-14-6-3-2-4-7-14/h2-4,6-7,13,15H,5,8-12H2,1H3. The molecule has 2 heterocycles. The highest BCUT2D eigenvalue weighted by atomic mass is 32.2. The minimum absolute atomic E-state index is 0.296. The van der Waals surface area contributed by atoms with Gasteiger partial charge in [0.2, 0.25) is 10.0 Å². The molecule has 1 fully saturated rings. The van der Waals surface area contributed by atoms with E-state index >= 15 is 0 Å². The second-order valence-electron chi connectivity index (χ2n) is 6.22. The molecule has 0 radical (unpaired) electrons. The maximum absolute atomic E-state index is 11.7. The monoisotopic (exact) mass is 334 g/mol. The number of rotatable bonds is 5.